The van der Waals surface area contributed by atoms with E-state index in [2.05, 4.69) is 170 Å². The van der Waals surface area contributed by atoms with E-state index in [1.54, 1.807) is 0 Å². The van der Waals surface area contributed by atoms with Crippen LogP contribution in [0, 0.1) is 23.7 Å². The summed E-state index contributed by atoms with van der Waals surface area (Å²) in [7, 11) is 0. The zero-order valence-corrected chi connectivity index (χ0v) is 40.5. The predicted octanol–water partition coefficient (Wildman–Crippen LogP) is 15.2. The highest BCUT2D eigenvalue weighted by Gasteiger charge is 2.19. The normalized spacial score (nSPS) is 12.4. The Kier molecular flexibility index (Phi) is 15.0. The molecule has 0 fully saturated rings. The van der Waals surface area contributed by atoms with Crippen LogP contribution in [0.4, 0.5) is 0 Å². The summed E-state index contributed by atoms with van der Waals surface area (Å²) in [5.74, 6) is 5.18. The van der Waals surface area contributed by atoms with Crippen LogP contribution in [0.1, 0.15) is 104 Å². The Morgan fingerprint density at radius 1 is 0.419 bits per heavy atom. The van der Waals surface area contributed by atoms with Crippen LogP contribution in [0.3, 0.4) is 0 Å². The molecule has 0 amide bonds. The van der Waals surface area contributed by atoms with Crippen LogP contribution < -0.4 is 18.9 Å². The zero-order valence-electron chi connectivity index (χ0n) is 37.3. The van der Waals surface area contributed by atoms with Gasteiger partial charge in [0.15, 0.2) is 0 Å². The van der Waals surface area contributed by atoms with E-state index in [1.165, 1.54) is 0 Å². The van der Waals surface area contributed by atoms with Crippen LogP contribution in [0.25, 0.3) is 68.6 Å². The molecule has 2 aromatic carbocycles. The Balaban J connectivity index is 1.43. The molecule has 2 aliphatic rings. The molecule has 7 rings (SSSR count). The van der Waals surface area contributed by atoms with Gasteiger partial charge in [-0.3, -0.25) is 0 Å². The lowest BCUT2D eigenvalue weighted by Gasteiger charge is -2.14. The van der Waals surface area contributed by atoms with E-state index in [0.717, 1.165) is 125 Å². The van der Waals surface area contributed by atoms with E-state index >= 15 is 0 Å². The molecule has 0 saturated carbocycles. The van der Waals surface area contributed by atoms with Crippen molar-refractivity contribution in [3.8, 4) is 45.3 Å². The molecule has 10 heteroatoms. The minimum atomic E-state index is 0.529. The number of hydrogen-bond acceptors (Lipinski definition) is 6. The lowest BCUT2D eigenvalue weighted by atomic mass is 10.0. The first-order valence-electron chi connectivity index (χ1n) is 22.1. The van der Waals surface area contributed by atoms with Crippen LogP contribution in [-0.2, 0) is 0 Å². The highest BCUT2D eigenvalue weighted by molar-refractivity contribution is 9.11. The summed E-state index contributed by atoms with van der Waals surface area (Å²) in [6.07, 6.45) is 12.1. The molecule has 0 aliphatic carbocycles. The van der Waals surface area contributed by atoms with Gasteiger partial charge < -0.3 is 28.9 Å². The lowest BCUT2D eigenvalue weighted by molar-refractivity contribution is 0.276. The standard InChI is InChI=1S/C52H60Br2N4O4/c1-31(2)17-21-59-37-25-35(26-38(29-37)60-22-18-32(3)4)49-41-9-13-45(55-41)51(53)47-15-11-43(57-47)50(44-12-16-48(58-44)52(54)46-14-10-42(49)56-46)36-27-39(61-23-19-33(5)6)30-40(28-36)62-24-20-34(7)8/h9-16,25-34,55,58H,17-24H2,1-8H3. The van der Waals surface area contributed by atoms with Gasteiger partial charge in [-0.25, -0.2) is 9.97 Å². The molecule has 0 spiro atoms. The second-order valence-corrected chi connectivity index (χ2v) is 19.5. The maximum atomic E-state index is 6.38. The van der Waals surface area contributed by atoms with E-state index in [9.17, 15) is 0 Å². The Hall–Kier alpha value is -4.80. The van der Waals surface area contributed by atoms with Gasteiger partial charge >= 0.3 is 0 Å². The molecule has 62 heavy (non-hydrogen) atoms. The number of aromatic nitrogens is 4. The van der Waals surface area contributed by atoms with Gasteiger partial charge in [0.25, 0.3) is 0 Å². The van der Waals surface area contributed by atoms with Crippen LogP contribution >= 0.6 is 31.9 Å². The van der Waals surface area contributed by atoms with Crippen molar-refractivity contribution in [1.29, 1.82) is 0 Å². The molecule has 3 aromatic heterocycles. The SMILES string of the molecule is CC(C)CCOc1cc(OCCC(C)C)cc(-c2c3nc(c(Br)c4ccc([nH]4)c(-c4cc(OCCC(C)C)cc(OCCC(C)C)c4)c4nc(c(Br)c5ccc2[nH]5)C=C4)C=C3)c1. The molecule has 0 atom stereocenters. The number of rotatable bonds is 18. The van der Waals surface area contributed by atoms with Crippen molar-refractivity contribution in [1.82, 2.24) is 19.9 Å². The quantitative estimate of drug-likeness (QED) is 0.0890. The smallest absolute Gasteiger partial charge is 0.123 e. The van der Waals surface area contributed by atoms with Crippen molar-refractivity contribution < 1.29 is 18.9 Å². The highest BCUT2D eigenvalue weighted by atomic mass is 79.9. The van der Waals surface area contributed by atoms with Crippen molar-refractivity contribution >= 4 is 78.2 Å². The van der Waals surface area contributed by atoms with Crippen LogP contribution in [0.15, 0.2) is 69.6 Å². The number of hydrogen-bond donors (Lipinski definition) is 2. The summed E-state index contributed by atoms with van der Waals surface area (Å²) in [6, 6.07) is 20.8. The van der Waals surface area contributed by atoms with Gasteiger partial charge in [0.2, 0.25) is 0 Å². The highest BCUT2D eigenvalue weighted by Crippen LogP contribution is 2.40. The largest absolute Gasteiger partial charge is 0.493 e. The van der Waals surface area contributed by atoms with Crippen LogP contribution in [0.2, 0.25) is 0 Å². The summed E-state index contributed by atoms with van der Waals surface area (Å²) in [5.41, 5.74) is 10.5. The molecule has 0 unspecified atom stereocenters. The minimum Gasteiger partial charge on any atom is -0.493 e. The van der Waals surface area contributed by atoms with E-state index in [-0.39, 0.29) is 0 Å². The van der Waals surface area contributed by atoms with Gasteiger partial charge in [0, 0.05) is 34.3 Å². The third kappa shape index (κ3) is 11.4. The van der Waals surface area contributed by atoms with Crippen molar-refractivity contribution in [3.05, 3.63) is 92.4 Å². The number of nitrogens with one attached hydrogen (secondary N) is 2. The Morgan fingerprint density at radius 2 is 0.710 bits per heavy atom. The average Bonchev–Trinajstić information content (AvgIpc) is 4.06. The van der Waals surface area contributed by atoms with E-state index in [1.807, 2.05) is 12.1 Å². The monoisotopic (exact) mass is 962 g/mol. The van der Waals surface area contributed by atoms with Crippen molar-refractivity contribution in [2.24, 2.45) is 23.7 Å². The summed E-state index contributed by atoms with van der Waals surface area (Å²) in [4.78, 5) is 18.0. The lowest BCUT2D eigenvalue weighted by Crippen LogP contribution is -2.04. The van der Waals surface area contributed by atoms with Gasteiger partial charge in [-0.15, -0.1) is 0 Å². The van der Waals surface area contributed by atoms with Crippen molar-refractivity contribution in [2.45, 2.75) is 81.1 Å². The molecule has 8 nitrogen and oxygen atoms in total. The molecular weight excluding hydrogens is 904 g/mol. The first-order chi connectivity index (χ1) is 29.8. The summed E-state index contributed by atoms with van der Waals surface area (Å²) in [6.45, 7) is 20.2. The van der Waals surface area contributed by atoms with Gasteiger partial charge in [0.1, 0.15) is 23.0 Å². The number of nitrogens with zero attached hydrogens (tertiary/aromatic N) is 2. The zero-order chi connectivity index (χ0) is 43.9. The summed E-state index contributed by atoms with van der Waals surface area (Å²) in [5, 5.41) is 0. The Bertz CT molecular complexity index is 2360. The summed E-state index contributed by atoms with van der Waals surface area (Å²) >= 11 is 7.91. The number of ether oxygens (including phenoxy) is 4. The first kappa shape index (κ1) is 45.2. The molecule has 2 N–H and O–H groups in total. The first-order valence-corrected chi connectivity index (χ1v) is 23.7. The molecule has 5 aromatic rings. The molecular formula is C52H60Br2N4O4. The maximum absolute atomic E-state index is 6.38. The number of fused-ring (bicyclic) bond motifs is 8. The van der Waals surface area contributed by atoms with Crippen LogP contribution in [0.5, 0.6) is 23.0 Å². The molecule has 0 radical (unpaired) electrons. The van der Waals surface area contributed by atoms with Crippen LogP contribution in [-0.4, -0.2) is 46.4 Å². The third-order valence-corrected chi connectivity index (χ3v) is 12.5. The second-order valence-electron chi connectivity index (χ2n) is 17.9. The van der Waals surface area contributed by atoms with Gasteiger partial charge in [-0.2, -0.15) is 0 Å². The molecule has 8 bridgehead atoms. The molecule has 2 aliphatic heterocycles. The third-order valence-electron chi connectivity index (χ3n) is 10.8. The van der Waals surface area contributed by atoms with Gasteiger partial charge in [0.05, 0.1) is 69.2 Å². The fourth-order valence-electron chi connectivity index (χ4n) is 7.16. The van der Waals surface area contributed by atoms with E-state index in [4.69, 9.17) is 28.9 Å². The fraction of sp³-hybridized carbons (Fsp3) is 0.385. The molecule has 326 valence electrons. The predicted molar refractivity (Wildman–Crippen MR) is 265 cm³/mol. The number of aromatic amines is 2. The van der Waals surface area contributed by atoms with Crippen molar-refractivity contribution in [3.63, 3.8) is 0 Å². The van der Waals surface area contributed by atoms with E-state index in [0.29, 0.717) is 50.1 Å². The van der Waals surface area contributed by atoms with Gasteiger partial charge in [-0.1, -0.05) is 55.4 Å². The average molecular weight is 965 g/mol. The number of H-pyrrole nitrogens is 2. The second kappa shape index (κ2) is 20.6. The molecule has 0 saturated heterocycles. The minimum absolute atomic E-state index is 0.529. The number of benzene rings is 2. The topological polar surface area (TPSA) is 94.3 Å². The number of halogens is 2. The Labute approximate surface area is 383 Å². The van der Waals surface area contributed by atoms with E-state index < -0.39 is 0 Å². The maximum Gasteiger partial charge on any atom is 0.123 e. The summed E-state index contributed by atoms with van der Waals surface area (Å²) < 4.78 is 27.2. The van der Waals surface area contributed by atoms with Crippen molar-refractivity contribution in [2.75, 3.05) is 26.4 Å². The molecule has 5 heterocycles. The fourth-order valence-corrected chi connectivity index (χ4v) is 8.06. The van der Waals surface area contributed by atoms with Gasteiger partial charge in [-0.05, 0) is 165 Å². The Morgan fingerprint density at radius 3 is 1.02 bits per heavy atom.